The van der Waals surface area contributed by atoms with Crippen LogP contribution in [-0.2, 0) is 0 Å². The first-order valence-corrected chi connectivity index (χ1v) is 7.78. The lowest BCUT2D eigenvalue weighted by atomic mass is 9.96. The second kappa shape index (κ2) is 6.31. The predicted molar refractivity (Wildman–Crippen MR) is 87.6 cm³/mol. The van der Waals surface area contributed by atoms with Crippen LogP contribution in [0.1, 0.15) is 36.9 Å². The van der Waals surface area contributed by atoms with Crippen molar-refractivity contribution >= 4 is 17.2 Å². The molecule has 2 aromatic rings. The van der Waals surface area contributed by atoms with Gasteiger partial charge in [-0.05, 0) is 36.5 Å². The number of rotatable bonds is 3. The molecule has 0 aliphatic heterocycles. The number of aromatic amines is 1. The van der Waals surface area contributed by atoms with E-state index in [9.17, 15) is 4.79 Å². The lowest BCUT2D eigenvalue weighted by Gasteiger charge is -2.11. The lowest BCUT2D eigenvalue weighted by Crippen LogP contribution is -2.09. The average molecular weight is 300 g/mol. The minimum absolute atomic E-state index is 0.229. The molecule has 0 unspecified atom stereocenters. The molecule has 108 valence electrons. The molecule has 3 rings (SSSR count). The van der Waals surface area contributed by atoms with Crippen LogP contribution in [0.4, 0.5) is 0 Å². The van der Waals surface area contributed by atoms with Crippen LogP contribution in [-0.4, -0.2) is 4.98 Å². The van der Waals surface area contributed by atoms with E-state index >= 15 is 0 Å². The summed E-state index contributed by atoms with van der Waals surface area (Å²) in [7, 11) is 0. The maximum absolute atomic E-state index is 11.8. The summed E-state index contributed by atoms with van der Waals surface area (Å²) in [5, 5.41) is 0.229. The van der Waals surface area contributed by atoms with Crippen molar-refractivity contribution in [1.29, 1.82) is 0 Å². The number of hydrogen-bond acceptors (Lipinski definition) is 1. The molecule has 0 bridgehead atoms. The summed E-state index contributed by atoms with van der Waals surface area (Å²) in [5.41, 5.74) is 2.82. The fourth-order valence-corrected chi connectivity index (χ4v) is 3.04. The first-order chi connectivity index (χ1) is 10.2. The molecule has 0 radical (unpaired) electrons. The number of benzene rings is 1. The molecule has 21 heavy (non-hydrogen) atoms. The zero-order chi connectivity index (χ0) is 14.7. The molecule has 1 heterocycles. The third-order valence-electron chi connectivity index (χ3n) is 4.04. The molecule has 0 amide bonds. The molecule has 0 spiro atoms. The second-order valence-corrected chi connectivity index (χ2v) is 5.95. The van der Waals surface area contributed by atoms with Gasteiger partial charge in [-0.25, -0.2) is 0 Å². The quantitative estimate of drug-likeness (QED) is 0.879. The molecular weight excluding hydrogens is 282 g/mol. The lowest BCUT2D eigenvalue weighted by molar-refractivity contribution is 0.687. The van der Waals surface area contributed by atoms with E-state index in [-0.39, 0.29) is 10.6 Å². The van der Waals surface area contributed by atoms with Gasteiger partial charge in [-0.2, -0.15) is 0 Å². The summed E-state index contributed by atoms with van der Waals surface area (Å²) in [5.74, 6) is 0.597. The van der Waals surface area contributed by atoms with Crippen LogP contribution >= 0.6 is 11.6 Å². The second-order valence-electron chi connectivity index (χ2n) is 5.54. The van der Waals surface area contributed by atoms with Crippen molar-refractivity contribution in [2.45, 2.75) is 25.7 Å². The zero-order valence-corrected chi connectivity index (χ0v) is 12.6. The SMILES string of the molecule is O=c1[nH]c(/C(=C/C2CCCC2)c2ccccc2)ccc1Cl. The van der Waals surface area contributed by atoms with Crippen molar-refractivity contribution < 1.29 is 0 Å². The summed E-state index contributed by atoms with van der Waals surface area (Å²) in [6, 6.07) is 13.7. The number of H-pyrrole nitrogens is 1. The smallest absolute Gasteiger partial charge is 0.267 e. The molecule has 3 heteroatoms. The van der Waals surface area contributed by atoms with E-state index in [1.54, 1.807) is 6.07 Å². The third-order valence-corrected chi connectivity index (χ3v) is 4.34. The Balaban J connectivity index is 2.07. The standard InChI is InChI=1S/C18H18ClNO/c19-16-10-11-17(20-18(16)21)15(12-13-6-4-5-7-13)14-8-2-1-3-9-14/h1-3,8-13H,4-7H2,(H,20,21)/b15-12+. The van der Waals surface area contributed by atoms with Gasteiger partial charge >= 0.3 is 0 Å². The van der Waals surface area contributed by atoms with Gasteiger partial charge in [-0.15, -0.1) is 0 Å². The highest BCUT2D eigenvalue weighted by Crippen LogP contribution is 2.31. The van der Waals surface area contributed by atoms with Crippen molar-refractivity contribution in [3.8, 4) is 0 Å². The maximum atomic E-state index is 11.8. The predicted octanol–water partition coefficient (Wildman–Crippen LogP) is 4.65. The van der Waals surface area contributed by atoms with Crippen LogP contribution in [0.15, 0.2) is 53.3 Å². The van der Waals surface area contributed by atoms with Crippen LogP contribution in [0.2, 0.25) is 5.02 Å². The molecular formula is C18H18ClNO. The van der Waals surface area contributed by atoms with E-state index < -0.39 is 0 Å². The Bertz CT molecular complexity index is 697. The number of halogens is 1. The first-order valence-electron chi connectivity index (χ1n) is 7.40. The van der Waals surface area contributed by atoms with E-state index in [4.69, 9.17) is 11.6 Å². The summed E-state index contributed by atoms with van der Waals surface area (Å²) >= 11 is 5.84. The Kier molecular flexibility index (Phi) is 4.26. The summed E-state index contributed by atoms with van der Waals surface area (Å²) < 4.78 is 0. The van der Waals surface area contributed by atoms with E-state index in [2.05, 4.69) is 23.2 Å². The van der Waals surface area contributed by atoms with Gasteiger partial charge in [-0.1, -0.05) is 60.9 Å². The topological polar surface area (TPSA) is 32.9 Å². The average Bonchev–Trinajstić information content (AvgIpc) is 3.02. The maximum Gasteiger partial charge on any atom is 0.267 e. The van der Waals surface area contributed by atoms with Crippen molar-refractivity contribution in [2.75, 3.05) is 0 Å². The molecule has 1 aliphatic rings. The van der Waals surface area contributed by atoms with E-state index in [0.29, 0.717) is 5.92 Å². The molecule has 0 atom stereocenters. The van der Waals surface area contributed by atoms with Gasteiger partial charge in [0.2, 0.25) is 0 Å². The molecule has 0 saturated heterocycles. The number of pyridine rings is 1. The molecule has 1 fully saturated rings. The van der Waals surface area contributed by atoms with Crippen molar-refractivity contribution in [1.82, 2.24) is 4.98 Å². The minimum atomic E-state index is -0.234. The van der Waals surface area contributed by atoms with Gasteiger partial charge in [-0.3, -0.25) is 4.79 Å². The Morgan fingerprint density at radius 3 is 2.48 bits per heavy atom. The Morgan fingerprint density at radius 1 is 1.10 bits per heavy atom. The third kappa shape index (κ3) is 3.27. The summed E-state index contributed by atoms with van der Waals surface area (Å²) in [4.78, 5) is 14.7. The van der Waals surface area contributed by atoms with Gasteiger partial charge < -0.3 is 4.98 Å². The molecule has 1 aromatic heterocycles. The van der Waals surface area contributed by atoms with Gasteiger partial charge in [0.1, 0.15) is 5.02 Å². The van der Waals surface area contributed by atoms with Gasteiger partial charge in [0.15, 0.2) is 0 Å². The number of aromatic nitrogens is 1. The highest BCUT2D eigenvalue weighted by molar-refractivity contribution is 6.30. The Labute approximate surface area is 129 Å². The Morgan fingerprint density at radius 2 is 1.81 bits per heavy atom. The van der Waals surface area contributed by atoms with Gasteiger partial charge in [0, 0.05) is 11.3 Å². The monoisotopic (exact) mass is 299 g/mol. The highest BCUT2D eigenvalue weighted by Gasteiger charge is 2.15. The van der Waals surface area contributed by atoms with Crippen LogP contribution in [0.25, 0.3) is 5.57 Å². The fourth-order valence-electron chi connectivity index (χ4n) is 2.93. The summed E-state index contributed by atoms with van der Waals surface area (Å²) in [6.07, 6.45) is 7.35. The van der Waals surface area contributed by atoms with Crippen molar-refractivity contribution in [2.24, 2.45) is 5.92 Å². The first kappa shape index (κ1) is 14.2. The highest BCUT2D eigenvalue weighted by atomic mass is 35.5. The van der Waals surface area contributed by atoms with Crippen molar-refractivity contribution in [3.05, 3.63) is 75.2 Å². The van der Waals surface area contributed by atoms with E-state index in [1.165, 1.54) is 25.7 Å². The number of allylic oxidation sites excluding steroid dienone is 1. The number of hydrogen-bond donors (Lipinski definition) is 1. The zero-order valence-electron chi connectivity index (χ0n) is 11.8. The largest absolute Gasteiger partial charge is 0.321 e. The van der Waals surface area contributed by atoms with Crippen LogP contribution in [0.5, 0.6) is 0 Å². The van der Waals surface area contributed by atoms with Gasteiger partial charge in [0.05, 0.1) is 0 Å². The van der Waals surface area contributed by atoms with Crippen LogP contribution in [0, 0.1) is 5.92 Å². The van der Waals surface area contributed by atoms with Gasteiger partial charge in [0.25, 0.3) is 5.56 Å². The molecule has 1 saturated carbocycles. The molecule has 1 aliphatic carbocycles. The molecule has 2 nitrogen and oxygen atoms in total. The van der Waals surface area contributed by atoms with Crippen LogP contribution < -0.4 is 5.56 Å². The van der Waals surface area contributed by atoms with E-state index in [0.717, 1.165) is 16.8 Å². The molecule has 1 N–H and O–H groups in total. The fraction of sp³-hybridized carbons (Fsp3) is 0.278. The molecule has 1 aromatic carbocycles. The normalized spacial score (nSPS) is 16.3. The van der Waals surface area contributed by atoms with E-state index in [1.807, 2.05) is 24.3 Å². The summed E-state index contributed by atoms with van der Waals surface area (Å²) in [6.45, 7) is 0. The number of nitrogens with one attached hydrogen (secondary N) is 1. The van der Waals surface area contributed by atoms with Crippen molar-refractivity contribution in [3.63, 3.8) is 0 Å². The Hall–Kier alpha value is -1.80. The minimum Gasteiger partial charge on any atom is -0.321 e. The van der Waals surface area contributed by atoms with Crippen LogP contribution in [0.3, 0.4) is 0 Å².